The van der Waals surface area contributed by atoms with Gasteiger partial charge in [-0.2, -0.15) is 0 Å². The number of nitrogens with one attached hydrogen (secondary N) is 1. The van der Waals surface area contributed by atoms with Crippen LogP contribution in [-0.2, 0) is 11.2 Å². The van der Waals surface area contributed by atoms with Crippen molar-refractivity contribution >= 4 is 40.3 Å². The van der Waals surface area contributed by atoms with E-state index in [2.05, 4.69) is 10.3 Å². The highest BCUT2D eigenvalue weighted by atomic mass is 32.2. The third-order valence-electron chi connectivity index (χ3n) is 4.29. The van der Waals surface area contributed by atoms with E-state index < -0.39 is 4.92 Å². The molecule has 0 aromatic heterocycles. The molecule has 7 heteroatoms. The van der Waals surface area contributed by atoms with Gasteiger partial charge in [-0.25, -0.2) is 4.99 Å². The average Bonchev–Trinajstić information content (AvgIpc) is 2.97. The molecule has 6 nitrogen and oxygen atoms in total. The monoisotopic (exact) mass is 381 g/mol. The zero-order chi connectivity index (χ0) is 19.6. The smallest absolute Gasteiger partial charge is 0.273 e. The van der Waals surface area contributed by atoms with Crippen molar-refractivity contribution in [3.63, 3.8) is 0 Å². The number of rotatable bonds is 4. The molecule has 0 saturated carbocycles. The zero-order valence-corrected chi connectivity index (χ0v) is 16.1. The maximum Gasteiger partial charge on any atom is 0.273 e. The van der Waals surface area contributed by atoms with Crippen LogP contribution < -0.4 is 5.32 Å². The molecule has 0 radical (unpaired) electrons. The summed E-state index contributed by atoms with van der Waals surface area (Å²) in [5, 5.41) is 14.5. The van der Waals surface area contributed by atoms with E-state index in [0.717, 1.165) is 16.8 Å². The molecular weight excluding hydrogens is 362 g/mol. The summed E-state index contributed by atoms with van der Waals surface area (Å²) >= 11 is 1.23. The topological polar surface area (TPSA) is 84.6 Å². The molecule has 1 heterocycles. The molecule has 1 aliphatic rings. The molecule has 0 atom stereocenters. The third kappa shape index (κ3) is 4.09. The van der Waals surface area contributed by atoms with Crippen LogP contribution in [0.15, 0.2) is 46.3 Å². The SMILES string of the molecule is CCc1ccc(/C=C2\SC(=Nc3c(C)cccc3C)NC2=O)cc1[N+](=O)[O-]. The minimum absolute atomic E-state index is 0.0691. The number of para-hydroxylation sites is 1. The van der Waals surface area contributed by atoms with Crippen molar-refractivity contribution in [2.45, 2.75) is 27.2 Å². The van der Waals surface area contributed by atoms with Gasteiger partial charge in [-0.3, -0.25) is 14.9 Å². The number of carbonyl (C=O) groups is 1. The van der Waals surface area contributed by atoms with E-state index in [4.69, 9.17) is 0 Å². The van der Waals surface area contributed by atoms with Gasteiger partial charge in [0.1, 0.15) is 0 Å². The molecule has 1 aliphatic heterocycles. The molecule has 27 heavy (non-hydrogen) atoms. The Kier molecular flexibility index (Phi) is 5.41. The normalized spacial score (nSPS) is 16.8. The lowest BCUT2D eigenvalue weighted by Crippen LogP contribution is -2.19. The Morgan fingerprint density at radius 2 is 1.93 bits per heavy atom. The van der Waals surface area contributed by atoms with Crippen LogP contribution in [0.4, 0.5) is 11.4 Å². The van der Waals surface area contributed by atoms with Gasteiger partial charge in [0.15, 0.2) is 5.17 Å². The molecule has 0 spiro atoms. The first-order chi connectivity index (χ1) is 12.9. The molecule has 3 rings (SSSR count). The number of amides is 1. The quantitative estimate of drug-likeness (QED) is 0.474. The summed E-state index contributed by atoms with van der Waals surface area (Å²) in [4.78, 5) is 28.1. The van der Waals surface area contributed by atoms with Crippen molar-refractivity contribution in [1.29, 1.82) is 0 Å². The predicted octanol–water partition coefficient (Wildman–Crippen LogP) is 4.67. The number of carbonyl (C=O) groups excluding carboxylic acids is 1. The Labute approximate surface area is 161 Å². The summed E-state index contributed by atoms with van der Waals surface area (Å²) in [7, 11) is 0. The minimum atomic E-state index is -0.392. The van der Waals surface area contributed by atoms with E-state index in [1.54, 1.807) is 18.2 Å². The molecular formula is C20H19N3O3S. The lowest BCUT2D eigenvalue weighted by atomic mass is 10.1. The van der Waals surface area contributed by atoms with Crippen LogP contribution in [0.3, 0.4) is 0 Å². The first-order valence-corrected chi connectivity index (χ1v) is 9.33. The maximum atomic E-state index is 12.3. The number of aliphatic imine (C=N–C) groups is 1. The fraction of sp³-hybridized carbons (Fsp3) is 0.200. The summed E-state index contributed by atoms with van der Waals surface area (Å²) in [6.07, 6.45) is 2.23. The molecule has 2 aromatic rings. The summed E-state index contributed by atoms with van der Waals surface area (Å²) < 4.78 is 0. The molecule has 1 N–H and O–H groups in total. The second kappa shape index (κ2) is 7.75. The zero-order valence-electron chi connectivity index (χ0n) is 15.3. The Balaban J connectivity index is 1.91. The molecule has 2 aromatic carbocycles. The van der Waals surface area contributed by atoms with Gasteiger partial charge in [0, 0.05) is 11.6 Å². The number of nitrogens with zero attached hydrogens (tertiary/aromatic N) is 2. The second-order valence-corrected chi connectivity index (χ2v) is 7.25. The number of nitro groups is 1. The van der Waals surface area contributed by atoms with Crippen molar-refractivity contribution in [3.8, 4) is 0 Å². The highest BCUT2D eigenvalue weighted by Gasteiger charge is 2.24. The molecule has 1 saturated heterocycles. The van der Waals surface area contributed by atoms with Crippen molar-refractivity contribution in [2.24, 2.45) is 4.99 Å². The van der Waals surface area contributed by atoms with Gasteiger partial charge in [-0.1, -0.05) is 37.3 Å². The largest absolute Gasteiger partial charge is 0.300 e. The van der Waals surface area contributed by atoms with E-state index in [-0.39, 0.29) is 11.6 Å². The molecule has 0 unspecified atom stereocenters. The van der Waals surface area contributed by atoms with Gasteiger partial charge >= 0.3 is 0 Å². The number of hydrogen-bond donors (Lipinski definition) is 1. The average molecular weight is 381 g/mol. The fourth-order valence-corrected chi connectivity index (χ4v) is 3.68. The van der Waals surface area contributed by atoms with E-state index >= 15 is 0 Å². The Morgan fingerprint density at radius 3 is 2.56 bits per heavy atom. The van der Waals surface area contributed by atoms with Gasteiger partial charge in [0.25, 0.3) is 11.6 Å². The van der Waals surface area contributed by atoms with E-state index in [0.29, 0.717) is 27.6 Å². The van der Waals surface area contributed by atoms with Crippen LogP contribution in [0.25, 0.3) is 6.08 Å². The Hall–Kier alpha value is -2.93. The fourth-order valence-electron chi connectivity index (χ4n) is 2.86. The number of aryl methyl sites for hydroxylation is 3. The highest BCUT2D eigenvalue weighted by molar-refractivity contribution is 8.18. The van der Waals surface area contributed by atoms with E-state index in [1.165, 1.54) is 17.8 Å². The van der Waals surface area contributed by atoms with Gasteiger partial charge in [-0.05, 0) is 54.8 Å². The number of hydrogen-bond acceptors (Lipinski definition) is 5. The molecule has 1 amide bonds. The van der Waals surface area contributed by atoms with Crippen LogP contribution in [0.5, 0.6) is 0 Å². The number of benzene rings is 2. The number of thioether (sulfide) groups is 1. The van der Waals surface area contributed by atoms with Crippen LogP contribution in [-0.4, -0.2) is 16.0 Å². The standard InChI is InChI=1S/C20H19N3O3S/c1-4-15-9-8-14(10-16(15)23(25)26)11-17-19(24)22-20(27-17)21-18-12(2)6-5-7-13(18)3/h5-11H,4H2,1-3H3,(H,21,22,24)/b17-11-. The van der Waals surface area contributed by atoms with Gasteiger partial charge in [0.05, 0.1) is 15.5 Å². The highest BCUT2D eigenvalue weighted by Crippen LogP contribution is 2.31. The summed E-state index contributed by atoms with van der Waals surface area (Å²) in [5.41, 5.74) is 4.25. The Morgan fingerprint density at radius 1 is 1.22 bits per heavy atom. The Bertz CT molecular complexity index is 976. The van der Waals surface area contributed by atoms with Crippen LogP contribution >= 0.6 is 11.8 Å². The van der Waals surface area contributed by atoms with Crippen LogP contribution in [0.2, 0.25) is 0 Å². The van der Waals surface area contributed by atoms with Crippen molar-refractivity contribution in [3.05, 3.63) is 73.7 Å². The number of amidine groups is 1. The van der Waals surface area contributed by atoms with Crippen molar-refractivity contribution < 1.29 is 9.72 Å². The van der Waals surface area contributed by atoms with Crippen LogP contribution in [0, 0.1) is 24.0 Å². The van der Waals surface area contributed by atoms with Gasteiger partial charge < -0.3 is 5.32 Å². The van der Waals surface area contributed by atoms with Gasteiger partial charge in [-0.15, -0.1) is 0 Å². The van der Waals surface area contributed by atoms with E-state index in [9.17, 15) is 14.9 Å². The van der Waals surface area contributed by atoms with Crippen LogP contribution in [0.1, 0.15) is 29.2 Å². The molecule has 0 aliphatic carbocycles. The lowest BCUT2D eigenvalue weighted by molar-refractivity contribution is -0.385. The number of nitro benzene ring substituents is 1. The summed E-state index contributed by atoms with van der Waals surface area (Å²) in [6, 6.07) is 10.9. The molecule has 1 fully saturated rings. The summed E-state index contributed by atoms with van der Waals surface area (Å²) in [5.74, 6) is -0.257. The van der Waals surface area contributed by atoms with Gasteiger partial charge in [0.2, 0.25) is 0 Å². The van der Waals surface area contributed by atoms with E-state index in [1.807, 2.05) is 39.0 Å². The predicted molar refractivity (Wildman–Crippen MR) is 109 cm³/mol. The molecule has 138 valence electrons. The van der Waals surface area contributed by atoms with Crippen molar-refractivity contribution in [2.75, 3.05) is 0 Å². The second-order valence-electron chi connectivity index (χ2n) is 6.22. The minimum Gasteiger partial charge on any atom is -0.300 e. The first kappa shape index (κ1) is 18.8. The molecule has 0 bridgehead atoms. The lowest BCUT2D eigenvalue weighted by Gasteiger charge is -2.04. The van der Waals surface area contributed by atoms with Crippen molar-refractivity contribution in [1.82, 2.24) is 5.32 Å². The maximum absolute atomic E-state index is 12.3. The summed E-state index contributed by atoms with van der Waals surface area (Å²) in [6.45, 7) is 5.81. The first-order valence-electron chi connectivity index (χ1n) is 8.52. The third-order valence-corrected chi connectivity index (χ3v) is 5.20.